The van der Waals surface area contributed by atoms with Crippen molar-refractivity contribution in [2.75, 3.05) is 19.6 Å². The molecule has 20 heavy (non-hydrogen) atoms. The van der Waals surface area contributed by atoms with E-state index >= 15 is 0 Å². The first-order valence-electron chi connectivity index (χ1n) is 9.32. The van der Waals surface area contributed by atoms with Crippen molar-refractivity contribution in [3.8, 4) is 0 Å². The average molecular weight is 283 g/mol. The van der Waals surface area contributed by atoms with Gasteiger partial charge in [-0.3, -0.25) is 0 Å². The van der Waals surface area contributed by atoms with Crippen LogP contribution in [0.4, 0.5) is 0 Å². The van der Waals surface area contributed by atoms with E-state index in [4.69, 9.17) is 5.73 Å². The second-order valence-corrected chi connectivity index (χ2v) is 6.59. The second kappa shape index (κ2) is 12.6. The highest BCUT2D eigenvalue weighted by Gasteiger charge is 2.19. The van der Waals surface area contributed by atoms with Crippen LogP contribution in [0, 0.1) is 0 Å². The quantitative estimate of drug-likeness (QED) is 0.525. The van der Waals surface area contributed by atoms with E-state index in [0.29, 0.717) is 0 Å². The van der Waals surface area contributed by atoms with Gasteiger partial charge in [0.1, 0.15) is 0 Å². The van der Waals surface area contributed by atoms with Crippen LogP contribution in [0.15, 0.2) is 0 Å². The smallest absolute Gasteiger partial charge is 0.00952 e. The van der Waals surface area contributed by atoms with Crippen LogP contribution in [0.25, 0.3) is 0 Å². The third-order valence-electron chi connectivity index (χ3n) is 4.79. The summed E-state index contributed by atoms with van der Waals surface area (Å²) in [6.45, 7) is 5.69. The molecule has 0 amide bonds. The molecule has 0 radical (unpaired) electrons. The van der Waals surface area contributed by atoms with Gasteiger partial charge in [0.2, 0.25) is 0 Å². The molecule has 0 aromatic carbocycles. The Morgan fingerprint density at radius 1 is 0.800 bits per heavy atom. The standard InChI is InChI=1S/C18H38N2/c1-2-3-4-5-6-7-11-16-20(17-12-15-19)18-13-9-8-10-14-18/h18H,2-17,19H2,1H3. The first-order valence-corrected chi connectivity index (χ1v) is 9.32. The predicted octanol–water partition coefficient (Wildman–Crippen LogP) is 4.72. The van der Waals surface area contributed by atoms with Gasteiger partial charge in [-0.25, -0.2) is 0 Å². The number of hydrogen-bond donors (Lipinski definition) is 1. The van der Waals surface area contributed by atoms with Gasteiger partial charge in [0, 0.05) is 6.04 Å². The van der Waals surface area contributed by atoms with Crippen LogP contribution in [0.5, 0.6) is 0 Å². The lowest BCUT2D eigenvalue weighted by Gasteiger charge is -2.34. The maximum absolute atomic E-state index is 5.70. The van der Waals surface area contributed by atoms with E-state index in [0.717, 1.165) is 12.6 Å². The molecule has 1 aliphatic rings. The van der Waals surface area contributed by atoms with Crippen molar-refractivity contribution in [1.29, 1.82) is 0 Å². The van der Waals surface area contributed by atoms with Gasteiger partial charge in [0.25, 0.3) is 0 Å². The van der Waals surface area contributed by atoms with Gasteiger partial charge < -0.3 is 10.6 Å². The van der Waals surface area contributed by atoms with Crippen molar-refractivity contribution in [2.45, 2.75) is 96.4 Å². The van der Waals surface area contributed by atoms with Gasteiger partial charge >= 0.3 is 0 Å². The molecule has 1 fully saturated rings. The van der Waals surface area contributed by atoms with E-state index in [2.05, 4.69) is 11.8 Å². The Kier molecular flexibility index (Phi) is 11.4. The maximum Gasteiger partial charge on any atom is 0.00952 e. The van der Waals surface area contributed by atoms with E-state index in [9.17, 15) is 0 Å². The molecule has 2 N–H and O–H groups in total. The molecule has 0 aliphatic heterocycles. The zero-order valence-electron chi connectivity index (χ0n) is 13.9. The first-order chi connectivity index (χ1) is 9.88. The molecule has 0 aromatic heterocycles. The molecule has 0 aromatic rings. The molecule has 0 heterocycles. The van der Waals surface area contributed by atoms with Crippen molar-refractivity contribution in [2.24, 2.45) is 5.73 Å². The summed E-state index contributed by atoms with van der Waals surface area (Å²) in [7, 11) is 0. The van der Waals surface area contributed by atoms with Crippen LogP contribution < -0.4 is 5.73 Å². The summed E-state index contributed by atoms with van der Waals surface area (Å²) in [5.74, 6) is 0. The van der Waals surface area contributed by atoms with E-state index in [1.807, 2.05) is 0 Å². The summed E-state index contributed by atoms with van der Waals surface area (Å²) in [5.41, 5.74) is 5.70. The molecule has 0 spiro atoms. The molecular weight excluding hydrogens is 244 g/mol. The Bertz CT molecular complexity index is 200. The Balaban J connectivity index is 2.12. The van der Waals surface area contributed by atoms with E-state index < -0.39 is 0 Å². The van der Waals surface area contributed by atoms with Gasteiger partial charge in [-0.15, -0.1) is 0 Å². The van der Waals surface area contributed by atoms with Crippen molar-refractivity contribution in [3.05, 3.63) is 0 Å². The minimum Gasteiger partial charge on any atom is -0.330 e. The fourth-order valence-corrected chi connectivity index (χ4v) is 3.49. The van der Waals surface area contributed by atoms with E-state index in [-0.39, 0.29) is 0 Å². The topological polar surface area (TPSA) is 29.3 Å². The Morgan fingerprint density at radius 2 is 1.40 bits per heavy atom. The number of unbranched alkanes of at least 4 members (excludes halogenated alkanes) is 6. The van der Waals surface area contributed by atoms with Crippen LogP contribution in [0.3, 0.4) is 0 Å². The number of nitrogens with zero attached hydrogens (tertiary/aromatic N) is 1. The SMILES string of the molecule is CCCCCCCCCN(CCCN)C1CCCCC1. The molecule has 0 bridgehead atoms. The van der Waals surface area contributed by atoms with Crippen LogP contribution in [-0.2, 0) is 0 Å². The maximum atomic E-state index is 5.70. The Labute approximate surface area is 127 Å². The fourth-order valence-electron chi connectivity index (χ4n) is 3.49. The van der Waals surface area contributed by atoms with Crippen molar-refractivity contribution < 1.29 is 0 Å². The van der Waals surface area contributed by atoms with Crippen molar-refractivity contribution >= 4 is 0 Å². The highest BCUT2D eigenvalue weighted by Crippen LogP contribution is 2.23. The lowest BCUT2D eigenvalue weighted by atomic mass is 9.93. The summed E-state index contributed by atoms with van der Waals surface area (Å²) in [6, 6.07) is 0.871. The largest absolute Gasteiger partial charge is 0.330 e. The lowest BCUT2D eigenvalue weighted by molar-refractivity contribution is 0.152. The molecule has 2 heteroatoms. The summed E-state index contributed by atoms with van der Waals surface area (Å²) in [6.07, 6.45) is 18.3. The second-order valence-electron chi connectivity index (χ2n) is 6.59. The van der Waals surface area contributed by atoms with Crippen molar-refractivity contribution in [1.82, 2.24) is 4.90 Å². The first kappa shape index (κ1) is 18.0. The van der Waals surface area contributed by atoms with Crippen molar-refractivity contribution in [3.63, 3.8) is 0 Å². The molecule has 2 nitrogen and oxygen atoms in total. The zero-order chi connectivity index (χ0) is 14.5. The van der Waals surface area contributed by atoms with Gasteiger partial charge in [-0.1, -0.05) is 64.7 Å². The summed E-state index contributed by atoms with van der Waals surface area (Å²) >= 11 is 0. The highest BCUT2D eigenvalue weighted by molar-refractivity contribution is 4.76. The monoisotopic (exact) mass is 282 g/mol. The lowest BCUT2D eigenvalue weighted by Crippen LogP contribution is -2.38. The summed E-state index contributed by atoms with van der Waals surface area (Å²) in [4.78, 5) is 2.76. The van der Waals surface area contributed by atoms with Crippen LogP contribution in [0.2, 0.25) is 0 Å². The molecule has 1 aliphatic carbocycles. The van der Waals surface area contributed by atoms with Crippen LogP contribution >= 0.6 is 0 Å². The zero-order valence-corrected chi connectivity index (χ0v) is 13.9. The number of hydrogen-bond acceptors (Lipinski definition) is 2. The van der Waals surface area contributed by atoms with Gasteiger partial charge in [-0.2, -0.15) is 0 Å². The number of nitrogens with two attached hydrogens (primary N) is 1. The Hall–Kier alpha value is -0.0800. The summed E-state index contributed by atoms with van der Waals surface area (Å²) in [5, 5.41) is 0. The van der Waals surface area contributed by atoms with Gasteiger partial charge in [-0.05, 0) is 45.3 Å². The average Bonchev–Trinajstić information content (AvgIpc) is 2.50. The number of rotatable bonds is 12. The normalized spacial score (nSPS) is 16.9. The molecule has 120 valence electrons. The molecule has 0 unspecified atom stereocenters. The fraction of sp³-hybridized carbons (Fsp3) is 1.00. The third-order valence-corrected chi connectivity index (χ3v) is 4.79. The molecule has 1 saturated carbocycles. The molecule has 1 rings (SSSR count). The molecular formula is C18H38N2. The molecule has 0 atom stereocenters. The van der Waals surface area contributed by atoms with E-state index in [1.165, 1.54) is 96.6 Å². The molecule has 0 saturated heterocycles. The minimum atomic E-state index is 0.847. The summed E-state index contributed by atoms with van der Waals surface area (Å²) < 4.78 is 0. The van der Waals surface area contributed by atoms with Crippen LogP contribution in [-0.4, -0.2) is 30.6 Å². The minimum absolute atomic E-state index is 0.847. The van der Waals surface area contributed by atoms with E-state index in [1.54, 1.807) is 0 Å². The Morgan fingerprint density at radius 3 is 2.05 bits per heavy atom. The van der Waals surface area contributed by atoms with Crippen LogP contribution in [0.1, 0.15) is 90.4 Å². The van der Waals surface area contributed by atoms with Gasteiger partial charge in [0.05, 0.1) is 0 Å². The third kappa shape index (κ3) is 8.26. The highest BCUT2D eigenvalue weighted by atomic mass is 15.1. The van der Waals surface area contributed by atoms with Gasteiger partial charge in [0.15, 0.2) is 0 Å². The predicted molar refractivity (Wildman–Crippen MR) is 90.1 cm³/mol.